The standard InChI is InChI=1S/C6H12O3P/c1-5(2)6(3,4)9-10(7)8-5/h1-4H3. The van der Waals surface area contributed by atoms with Gasteiger partial charge < -0.3 is 0 Å². The van der Waals surface area contributed by atoms with Crippen LogP contribution < -0.4 is 0 Å². The van der Waals surface area contributed by atoms with E-state index in [9.17, 15) is 4.57 Å². The topological polar surface area (TPSA) is 35.5 Å². The van der Waals surface area contributed by atoms with Crippen LogP contribution in [0.15, 0.2) is 0 Å². The molecule has 0 saturated carbocycles. The maximum atomic E-state index is 10.8. The van der Waals surface area contributed by atoms with E-state index in [1.165, 1.54) is 0 Å². The molecule has 0 spiro atoms. The lowest BCUT2D eigenvalue weighted by molar-refractivity contribution is 0.00578. The molecule has 0 unspecified atom stereocenters. The molecule has 4 heteroatoms. The SMILES string of the molecule is CC1(C)O[P](=O)OC1(C)C. The maximum Gasteiger partial charge on any atom is 0.370 e. The average Bonchev–Trinajstić information content (AvgIpc) is 1.73. The summed E-state index contributed by atoms with van der Waals surface area (Å²) in [5, 5.41) is 0. The first-order chi connectivity index (χ1) is 4.35. The van der Waals surface area contributed by atoms with E-state index in [1.807, 2.05) is 27.7 Å². The second-order valence-electron chi connectivity index (χ2n) is 3.43. The second-order valence-corrected chi connectivity index (χ2v) is 4.24. The molecule has 1 fully saturated rings. The predicted molar refractivity (Wildman–Crippen MR) is 37.9 cm³/mol. The van der Waals surface area contributed by atoms with Crippen LogP contribution in [0.25, 0.3) is 0 Å². The summed E-state index contributed by atoms with van der Waals surface area (Å²) in [6.07, 6.45) is 0. The first-order valence-electron chi connectivity index (χ1n) is 3.21. The molecule has 0 aromatic carbocycles. The van der Waals surface area contributed by atoms with E-state index in [0.29, 0.717) is 0 Å². The van der Waals surface area contributed by atoms with Gasteiger partial charge in [0.2, 0.25) is 0 Å². The van der Waals surface area contributed by atoms with Crippen molar-refractivity contribution in [3.63, 3.8) is 0 Å². The van der Waals surface area contributed by atoms with E-state index >= 15 is 0 Å². The minimum absolute atomic E-state index is 0.444. The zero-order valence-electron chi connectivity index (χ0n) is 6.67. The van der Waals surface area contributed by atoms with Gasteiger partial charge in [-0.15, -0.1) is 0 Å². The molecule has 0 atom stereocenters. The highest BCUT2D eigenvalue weighted by Gasteiger charge is 2.49. The van der Waals surface area contributed by atoms with Crippen LogP contribution in [0, 0.1) is 0 Å². The zero-order valence-corrected chi connectivity index (χ0v) is 7.57. The third-order valence-corrected chi connectivity index (χ3v) is 3.27. The molecule has 0 bridgehead atoms. The summed E-state index contributed by atoms with van der Waals surface area (Å²) >= 11 is 0. The highest BCUT2D eigenvalue weighted by Crippen LogP contribution is 2.50. The normalized spacial score (nSPS) is 29.0. The Morgan fingerprint density at radius 1 is 1.00 bits per heavy atom. The first kappa shape index (κ1) is 8.12. The molecule has 59 valence electrons. The van der Waals surface area contributed by atoms with Gasteiger partial charge in [0, 0.05) is 0 Å². The number of hydrogen-bond donors (Lipinski definition) is 0. The second kappa shape index (κ2) is 2.00. The van der Waals surface area contributed by atoms with Crippen LogP contribution >= 0.6 is 8.25 Å². The summed E-state index contributed by atoms with van der Waals surface area (Å²) in [5.74, 6) is 0. The van der Waals surface area contributed by atoms with E-state index in [-0.39, 0.29) is 0 Å². The Morgan fingerprint density at radius 3 is 1.40 bits per heavy atom. The monoisotopic (exact) mass is 163 g/mol. The van der Waals surface area contributed by atoms with Gasteiger partial charge in [0.05, 0.1) is 0 Å². The molecule has 0 amide bonds. The van der Waals surface area contributed by atoms with Crippen molar-refractivity contribution in [3.8, 4) is 0 Å². The van der Waals surface area contributed by atoms with Crippen molar-refractivity contribution in [2.75, 3.05) is 0 Å². The van der Waals surface area contributed by atoms with Gasteiger partial charge in [0.1, 0.15) is 11.2 Å². The van der Waals surface area contributed by atoms with E-state index in [1.54, 1.807) is 0 Å². The molecule has 1 rings (SSSR count). The molecule has 0 aliphatic carbocycles. The molecule has 1 aliphatic heterocycles. The van der Waals surface area contributed by atoms with Crippen LogP contribution in [0.2, 0.25) is 0 Å². The molecule has 1 aliphatic rings. The fraction of sp³-hybridized carbons (Fsp3) is 1.00. The van der Waals surface area contributed by atoms with Crippen LogP contribution in [-0.4, -0.2) is 11.2 Å². The summed E-state index contributed by atoms with van der Waals surface area (Å²) in [5.41, 5.74) is -0.888. The van der Waals surface area contributed by atoms with Crippen LogP contribution in [0.3, 0.4) is 0 Å². The quantitative estimate of drug-likeness (QED) is 0.514. The molecule has 10 heavy (non-hydrogen) atoms. The average molecular weight is 163 g/mol. The Balaban J connectivity index is 2.88. The lowest BCUT2D eigenvalue weighted by Gasteiger charge is -2.28. The molecule has 1 heterocycles. The lowest BCUT2D eigenvalue weighted by atomic mass is 9.90. The highest BCUT2D eigenvalue weighted by atomic mass is 31.1. The molecule has 3 nitrogen and oxygen atoms in total. The van der Waals surface area contributed by atoms with Crippen LogP contribution in [0.4, 0.5) is 0 Å². The third-order valence-electron chi connectivity index (χ3n) is 2.06. The van der Waals surface area contributed by atoms with Crippen molar-refractivity contribution in [3.05, 3.63) is 0 Å². The molecule has 0 aromatic rings. The fourth-order valence-corrected chi connectivity index (χ4v) is 1.83. The zero-order chi connectivity index (χ0) is 7.99. The molecule has 0 aromatic heterocycles. The summed E-state index contributed by atoms with van der Waals surface area (Å²) in [6, 6.07) is 0. The van der Waals surface area contributed by atoms with Gasteiger partial charge in [-0.2, -0.15) is 0 Å². The van der Waals surface area contributed by atoms with Crippen molar-refractivity contribution in [2.45, 2.75) is 38.9 Å². The third kappa shape index (κ3) is 1.09. The predicted octanol–water partition coefficient (Wildman–Crippen LogP) is 2.25. The van der Waals surface area contributed by atoms with Crippen molar-refractivity contribution >= 4 is 8.25 Å². The van der Waals surface area contributed by atoms with Crippen molar-refractivity contribution in [2.24, 2.45) is 0 Å². The molecule has 1 radical (unpaired) electrons. The van der Waals surface area contributed by atoms with E-state index < -0.39 is 19.5 Å². The Labute approximate surface area is 61.7 Å². The largest absolute Gasteiger partial charge is 0.370 e. The summed E-state index contributed by atoms with van der Waals surface area (Å²) in [4.78, 5) is 0. The van der Waals surface area contributed by atoms with Gasteiger partial charge in [-0.25, -0.2) is 4.57 Å². The van der Waals surface area contributed by atoms with Crippen LogP contribution in [0.1, 0.15) is 27.7 Å². The minimum atomic E-state index is -1.89. The van der Waals surface area contributed by atoms with Gasteiger partial charge in [0.25, 0.3) is 0 Å². The lowest BCUT2D eigenvalue weighted by Crippen LogP contribution is -2.41. The summed E-state index contributed by atoms with van der Waals surface area (Å²) in [6.45, 7) is 7.47. The molecular formula is C6H12O3P. The van der Waals surface area contributed by atoms with E-state index in [4.69, 9.17) is 9.05 Å². The minimum Gasteiger partial charge on any atom is -0.274 e. The summed E-state index contributed by atoms with van der Waals surface area (Å²) in [7, 11) is -1.89. The van der Waals surface area contributed by atoms with E-state index in [2.05, 4.69) is 0 Å². The smallest absolute Gasteiger partial charge is 0.274 e. The van der Waals surface area contributed by atoms with Gasteiger partial charge in [-0.1, -0.05) is 0 Å². The Bertz CT molecular complexity index is 156. The van der Waals surface area contributed by atoms with Gasteiger partial charge in [-0.3, -0.25) is 9.05 Å². The molecular weight excluding hydrogens is 151 g/mol. The number of rotatable bonds is 0. The highest BCUT2D eigenvalue weighted by molar-refractivity contribution is 7.33. The van der Waals surface area contributed by atoms with Crippen molar-refractivity contribution < 1.29 is 13.6 Å². The van der Waals surface area contributed by atoms with E-state index in [0.717, 1.165) is 0 Å². The Morgan fingerprint density at radius 2 is 1.30 bits per heavy atom. The van der Waals surface area contributed by atoms with Gasteiger partial charge in [-0.05, 0) is 27.7 Å². The summed E-state index contributed by atoms with van der Waals surface area (Å²) < 4.78 is 20.9. The van der Waals surface area contributed by atoms with Crippen molar-refractivity contribution in [1.29, 1.82) is 0 Å². The molecule has 0 N–H and O–H groups in total. The van der Waals surface area contributed by atoms with Crippen LogP contribution in [-0.2, 0) is 13.6 Å². The van der Waals surface area contributed by atoms with Gasteiger partial charge in [0.15, 0.2) is 0 Å². The number of hydrogen-bond acceptors (Lipinski definition) is 3. The Hall–Kier alpha value is 0.0200. The Kier molecular flexibility index (Phi) is 1.63. The molecule has 1 saturated heterocycles. The van der Waals surface area contributed by atoms with Crippen molar-refractivity contribution in [1.82, 2.24) is 0 Å². The first-order valence-corrected chi connectivity index (χ1v) is 4.30. The van der Waals surface area contributed by atoms with Gasteiger partial charge >= 0.3 is 8.25 Å². The fourth-order valence-electron chi connectivity index (χ4n) is 0.611. The van der Waals surface area contributed by atoms with Crippen LogP contribution in [0.5, 0.6) is 0 Å². The maximum absolute atomic E-state index is 10.8.